The fourth-order valence-corrected chi connectivity index (χ4v) is 2.26. The first kappa shape index (κ1) is 18.1. The zero-order valence-corrected chi connectivity index (χ0v) is 14.2. The number of benzene rings is 2. The highest BCUT2D eigenvalue weighted by molar-refractivity contribution is 6.04. The Morgan fingerprint density at radius 1 is 0.926 bits per heavy atom. The minimum absolute atomic E-state index is 0.0284. The molecule has 27 heavy (non-hydrogen) atoms. The lowest BCUT2D eigenvalue weighted by molar-refractivity contribution is 0.101. The average molecular weight is 368 g/mol. The molecule has 136 valence electrons. The molecular formula is C19H14F2N4O2. The smallest absolute Gasteiger partial charge is 0.258 e. The van der Waals surface area contributed by atoms with Gasteiger partial charge in [0.15, 0.2) is 5.78 Å². The summed E-state index contributed by atoms with van der Waals surface area (Å²) in [6.45, 7) is 1.46. The van der Waals surface area contributed by atoms with Crippen LogP contribution in [0.2, 0.25) is 0 Å². The van der Waals surface area contributed by atoms with Crippen LogP contribution in [0.15, 0.2) is 54.9 Å². The third kappa shape index (κ3) is 4.30. The molecule has 6 nitrogen and oxygen atoms in total. The fraction of sp³-hybridized carbons (Fsp3) is 0.0526. The number of nitrogens with one attached hydrogen (secondary N) is 2. The van der Waals surface area contributed by atoms with Crippen LogP contribution < -0.4 is 10.6 Å². The van der Waals surface area contributed by atoms with E-state index in [0.29, 0.717) is 11.3 Å². The summed E-state index contributed by atoms with van der Waals surface area (Å²) in [4.78, 5) is 31.5. The predicted octanol–water partition coefficient (Wildman–Crippen LogP) is 3.95. The molecule has 3 rings (SSSR count). The molecule has 0 unspecified atom stereocenters. The van der Waals surface area contributed by atoms with Crippen molar-refractivity contribution in [3.63, 3.8) is 0 Å². The van der Waals surface area contributed by atoms with Crippen LogP contribution in [-0.2, 0) is 0 Å². The van der Waals surface area contributed by atoms with Crippen molar-refractivity contribution < 1.29 is 18.4 Å². The number of hydrogen-bond acceptors (Lipinski definition) is 5. The number of hydrogen-bond donors (Lipinski definition) is 2. The summed E-state index contributed by atoms with van der Waals surface area (Å²) in [5, 5.41) is 5.06. The number of rotatable bonds is 5. The van der Waals surface area contributed by atoms with Crippen molar-refractivity contribution in [2.24, 2.45) is 0 Å². The molecule has 2 aromatic carbocycles. The highest BCUT2D eigenvalue weighted by atomic mass is 19.1. The van der Waals surface area contributed by atoms with Crippen LogP contribution >= 0.6 is 0 Å². The molecule has 0 fully saturated rings. The van der Waals surface area contributed by atoms with Gasteiger partial charge in [-0.15, -0.1) is 0 Å². The number of Topliss-reactive ketones (excluding diaryl/α,β-unsaturated/α-hetero) is 1. The van der Waals surface area contributed by atoms with Gasteiger partial charge in [0.25, 0.3) is 5.91 Å². The molecular weight excluding hydrogens is 354 g/mol. The summed E-state index contributed by atoms with van der Waals surface area (Å²) in [5.74, 6) is -2.39. The maximum absolute atomic E-state index is 13.6. The number of anilines is 3. The molecule has 3 aromatic rings. The average Bonchev–Trinajstić information content (AvgIpc) is 2.65. The van der Waals surface area contributed by atoms with Gasteiger partial charge in [-0.3, -0.25) is 9.59 Å². The van der Waals surface area contributed by atoms with Gasteiger partial charge in [-0.1, -0.05) is 18.2 Å². The van der Waals surface area contributed by atoms with Crippen molar-refractivity contribution in [1.29, 1.82) is 0 Å². The van der Waals surface area contributed by atoms with E-state index in [2.05, 4.69) is 20.6 Å². The molecule has 0 spiro atoms. The van der Waals surface area contributed by atoms with Gasteiger partial charge in [-0.05, 0) is 31.2 Å². The first-order chi connectivity index (χ1) is 12.9. The Morgan fingerprint density at radius 2 is 1.56 bits per heavy atom. The SMILES string of the molecule is CC(=O)c1cccc(Nc2ncc(C(=O)Nc3c(F)cccc3F)cn2)c1. The summed E-state index contributed by atoms with van der Waals surface area (Å²) >= 11 is 0. The third-order valence-electron chi connectivity index (χ3n) is 3.64. The van der Waals surface area contributed by atoms with Crippen LogP contribution in [-0.4, -0.2) is 21.7 Å². The van der Waals surface area contributed by atoms with E-state index in [0.717, 1.165) is 12.1 Å². The Balaban J connectivity index is 1.72. The Labute approximate surface area is 153 Å². The van der Waals surface area contributed by atoms with Gasteiger partial charge >= 0.3 is 0 Å². The lowest BCUT2D eigenvalue weighted by atomic mass is 10.1. The lowest BCUT2D eigenvalue weighted by Crippen LogP contribution is -2.15. The van der Waals surface area contributed by atoms with Gasteiger partial charge in [-0.2, -0.15) is 0 Å². The Bertz CT molecular complexity index is 987. The van der Waals surface area contributed by atoms with Gasteiger partial charge in [0, 0.05) is 23.6 Å². The summed E-state index contributed by atoms with van der Waals surface area (Å²) in [7, 11) is 0. The Morgan fingerprint density at radius 3 is 2.19 bits per heavy atom. The number of ketones is 1. The molecule has 0 bridgehead atoms. The molecule has 1 aromatic heterocycles. The standard InChI is InChI=1S/C19H14F2N4O2/c1-11(26)12-4-2-5-14(8-12)24-19-22-9-13(10-23-19)18(27)25-17-15(20)6-3-7-16(17)21/h2-10H,1H3,(H,25,27)(H,22,23,24). The quantitative estimate of drug-likeness (QED) is 0.666. The molecule has 0 atom stereocenters. The zero-order valence-electron chi connectivity index (χ0n) is 14.2. The minimum atomic E-state index is -0.882. The van der Waals surface area contributed by atoms with Crippen molar-refractivity contribution in [2.75, 3.05) is 10.6 Å². The molecule has 1 amide bonds. The van der Waals surface area contributed by atoms with Crippen LogP contribution in [0.3, 0.4) is 0 Å². The normalized spacial score (nSPS) is 10.3. The highest BCUT2D eigenvalue weighted by Gasteiger charge is 2.14. The second kappa shape index (κ2) is 7.69. The largest absolute Gasteiger partial charge is 0.324 e. The topological polar surface area (TPSA) is 84.0 Å². The first-order valence-corrected chi connectivity index (χ1v) is 7.89. The van der Waals surface area contributed by atoms with Crippen molar-refractivity contribution >= 4 is 29.0 Å². The summed E-state index contributed by atoms with van der Waals surface area (Å²) in [5.41, 5.74) is 0.627. The van der Waals surface area contributed by atoms with Crippen molar-refractivity contribution in [2.45, 2.75) is 6.92 Å². The minimum Gasteiger partial charge on any atom is -0.324 e. The molecule has 2 N–H and O–H groups in total. The molecule has 8 heteroatoms. The number of para-hydroxylation sites is 1. The van der Waals surface area contributed by atoms with E-state index in [1.165, 1.54) is 25.4 Å². The number of carbonyl (C=O) groups is 2. The third-order valence-corrected chi connectivity index (χ3v) is 3.64. The Hall–Kier alpha value is -3.68. The summed E-state index contributed by atoms with van der Waals surface area (Å²) in [6.07, 6.45) is 2.44. The number of halogens is 2. The number of aromatic nitrogens is 2. The summed E-state index contributed by atoms with van der Waals surface area (Å²) < 4.78 is 27.2. The summed E-state index contributed by atoms with van der Waals surface area (Å²) in [6, 6.07) is 10.1. The second-order valence-corrected chi connectivity index (χ2v) is 5.61. The lowest BCUT2D eigenvalue weighted by Gasteiger charge is -2.08. The van der Waals surface area contributed by atoms with E-state index in [9.17, 15) is 18.4 Å². The van der Waals surface area contributed by atoms with Gasteiger partial charge in [0.1, 0.15) is 17.3 Å². The van der Waals surface area contributed by atoms with E-state index in [-0.39, 0.29) is 17.3 Å². The van der Waals surface area contributed by atoms with Crippen molar-refractivity contribution in [1.82, 2.24) is 9.97 Å². The predicted molar refractivity (Wildman–Crippen MR) is 96.1 cm³/mol. The van der Waals surface area contributed by atoms with E-state index in [1.807, 2.05) is 0 Å². The van der Waals surface area contributed by atoms with Gasteiger partial charge in [0.2, 0.25) is 5.95 Å². The Kier molecular flexibility index (Phi) is 5.16. The van der Waals surface area contributed by atoms with Crippen LogP contribution in [0.1, 0.15) is 27.6 Å². The number of carbonyl (C=O) groups excluding carboxylic acids is 2. The van der Waals surface area contributed by atoms with Crippen molar-refractivity contribution in [3.8, 4) is 0 Å². The van der Waals surface area contributed by atoms with E-state index in [4.69, 9.17) is 0 Å². The van der Waals surface area contributed by atoms with Gasteiger partial charge < -0.3 is 10.6 Å². The molecule has 0 saturated carbocycles. The molecule has 0 radical (unpaired) electrons. The van der Waals surface area contributed by atoms with Crippen LogP contribution in [0.25, 0.3) is 0 Å². The second-order valence-electron chi connectivity index (χ2n) is 5.61. The monoisotopic (exact) mass is 368 g/mol. The van der Waals surface area contributed by atoms with Crippen LogP contribution in [0.5, 0.6) is 0 Å². The molecule has 0 aliphatic rings. The van der Waals surface area contributed by atoms with Crippen LogP contribution in [0.4, 0.5) is 26.1 Å². The maximum atomic E-state index is 13.6. The van der Waals surface area contributed by atoms with Gasteiger partial charge in [-0.25, -0.2) is 18.7 Å². The highest BCUT2D eigenvalue weighted by Crippen LogP contribution is 2.19. The molecule has 1 heterocycles. The number of nitrogens with zero attached hydrogens (tertiary/aromatic N) is 2. The van der Waals surface area contributed by atoms with E-state index < -0.39 is 23.2 Å². The first-order valence-electron chi connectivity index (χ1n) is 7.89. The zero-order chi connectivity index (χ0) is 19.4. The van der Waals surface area contributed by atoms with Crippen molar-refractivity contribution in [3.05, 3.63) is 77.6 Å². The van der Waals surface area contributed by atoms with Gasteiger partial charge in [0.05, 0.1) is 5.56 Å². The molecule has 0 aliphatic heterocycles. The van der Waals surface area contributed by atoms with E-state index in [1.54, 1.807) is 24.3 Å². The fourth-order valence-electron chi connectivity index (χ4n) is 2.26. The van der Waals surface area contributed by atoms with E-state index >= 15 is 0 Å². The molecule has 0 aliphatic carbocycles. The van der Waals surface area contributed by atoms with Crippen LogP contribution in [0, 0.1) is 11.6 Å². The maximum Gasteiger partial charge on any atom is 0.258 e. The molecule has 0 saturated heterocycles. The number of amides is 1.